The monoisotopic (exact) mass is 146 g/mol. The largest absolute Gasteiger partial charge is 0.396 e. The van der Waals surface area contributed by atoms with Gasteiger partial charge in [0, 0.05) is 6.61 Å². The first-order valence-electron chi connectivity index (χ1n) is 4.01. The zero-order valence-electron chi connectivity index (χ0n) is 6.88. The lowest BCUT2D eigenvalue weighted by Crippen LogP contribution is -2.18. The lowest BCUT2D eigenvalue weighted by molar-refractivity contribution is 0.0819. The first-order chi connectivity index (χ1) is 4.72. The summed E-state index contributed by atoms with van der Waals surface area (Å²) < 4.78 is 0. The predicted octanol–water partition coefficient (Wildman–Crippen LogP) is 1.17. The Bertz CT molecular complexity index is 63.7. The van der Waals surface area contributed by atoms with E-state index in [0.29, 0.717) is 12.3 Å². The summed E-state index contributed by atoms with van der Waals surface area (Å²) in [6.45, 7) is 4.21. The van der Waals surface area contributed by atoms with Crippen LogP contribution in [0.1, 0.15) is 33.1 Å². The van der Waals surface area contributed by atoms with Crippen molar-refractivity contribution in [1.29, 1.82) is 0 Å². The summed E-state index contributed by atoms with van der Waals surface area (Å²) in [6.07, 6.45) is 2.34. The molecule has 0 radical (unpaired) electrons. The van der Waals surface area contributed by atoms with Gasteiger partial charge in [-0.2, -0.15) is 0 Å². The highest BCUT2D eigenvalue weighted by Crippen LogP contribution is 2.12. The normalized spacial score (nSPS) is 16.8. The first kappa shape index (κ1) is 9.92. The zero-order valence-corrected chi connectivity index (χ0v) is 6.88. The molecule has 0 fully saturated rings. The van der Waals surface area contributed by atoms with E-state index in [-0.39, 0.29) is 12.7 Å². The van der Waals surface area contributed by atoms with E-state index in [0.717, 1.165) is 12.8 Å². The standard InChI is InChI=1S/C8H18O2/c1-3-4-7(2)8(10)5-6-9/h7-10H,3-6H2,1-2H3/t7-,8-/m0/s1. The minimum atomic E-state index is -0.315. The van der Waals surface area contributed by atoms with Crippen molar-refractivity contribution in [1.82, 2.24) is 0 Å². The molecule has 0 aliphatic carbocycles. The van der Waals surface area contributed by atoms with E-state index in [4.69, 9.17) is 5.11 Å². The molecule has 0 unspecified atom stereocenters. The second kappa shape index (κ2) is 5.69. The predicted molar refractivity (Wildman–Crippen MR) is 41.8 cm³/mol. The minimum Gasteiger partial charge on any atom is -0.396 e. The van der Waals surface area contributed by atoms with Crippen molar-refractivity contribution in [3.8, 4) is 0 Å². The van der Waals surface area contributed by atoms with E-state index in [1.165, 1.54) is 0 Å². The van der Waals surface area contributed by atoms with Gasteiger partial charge in [0.2, 0.25) is 0 Å². The van der Waals surface area contributed by atoms with Gasteiger partial charge in [0.15, 0.2) is 0 Å². The maximum absolute atomic E-state index is 9.29. The molecule has 2 heteroatoms. The molecule has 0 amide bonds. The summed E-state index contributed by atoms with van der Waals surface area (Å²) in [6, 6.07) is 0. The Balaban J connectivity index is 3.38. The lowest BCUT2D eigenvalue weighted by atomic mass is 9.97. The first-order valence-corrected chi connectivity index (χ1v) is 4.01. The Morgan fingerprint density at radius 2 is 1.90 bits per heavy atom. The average molecular weight is 146 g/mol. The van der Waals surface area contributed by atoms with Gasteiger partial charge in [0.05, 0.1) is 6.10 Å². The van der Waals surface area contributed by atoms with Crippen molar-refractivity contribution >= 4 is 0 Å². The molecular formula is C8H18O2. The Morgan fingerprint density at radius 3 is 2.30 bits per heavy atom. The Morgan fingerprint density at radius 1 is 1.30 bits per heavy atom. The highest BCUT2D eigenvalue weighted by Gasteiger charge is 2.11. The second-order valence-electron chi connectivity index (χ2n) is 2.85. The molecular weight excluding hydrogens is 128 g/mol. The van der Waals surface area contributed by atoms with Crippen molar-refractivity contribution in [3.63, 3.8) is 0 Å². The fourth-order valence-corrected chi connectivity index (χ4v) is 1.06. The van der Waals surface area contributed by atoms with Crippen LogP contribution in [0, 0.1) is 5.92 Å². The van der Waals surface area contributed by atoms with Gasteiger partial charge in [-0.25, -0.2) is 0 Å². The van der Waals surface area contributed by atoms with Crippen molar-refractivity contribution in [2.75, 3.05) is 6.61 Å². The van der Waals surface area contributed by atoms with Gasteiger partial charge in [-0.15, -0.1) is 0 Å². The van der Waals surface area contributed by atoms with Crippen LogP contribution in [0.5, 0.6) is 0 Å². The zero-order chi connectivity index (χ0) is 7.98. The van der Waals surface area contributed by atoms with Gasteiger partial charge in [-0.1, -0.05) is 20.3 Å². The van der Waals surface area contributed by atoms with Crippen LogP contribution in [0.4, 0.5) is 0 Å². The molecule has 0 saturated carbocycles. The van der Waals surface area contributed by atoms with Gasteiger partial charge < -0.3 is 10.2 Å². The van der Waals surface area contributed by atoms with E-state index in [2.05, 4.69) is 6.92 Å². The van der Waals surface area contributed by atoms with Gasteiger partial charge in [0.25, 0.3) is 0 Å². The van der Waals surface area contributed by atoms with E-state index in [9.17, 15) is 5.11 Å². The van der Waals surface area contributed by atoms with E-state index < -0.39 is 0 Å². The molecule has 0 aromatic rings. The van der Waals surface area contributed by atoms with Gasteiger partial charge >= 0.3 is 0 Å². The van der Waals surface area contributed by atoms with Crippen LogP contribution in [0.15, 0.2) is 0 Å². The van der Waals surface area contributed by atoms with Gasteiger partial charge in [-0.3, -0.25) is 0 Å². The SMILES string of the molecule is CCC[C@H](C)[C@@H](O)CCO. The number of hydrogen-bond donors (Lipinski definition) is 2. The summed E-state index contributed by atoms with van der Waals surface area (Å²) in [4.78, 5) is 0. The number of rotatable bonds is 5. The third kappa shape index (κ3) is 3.85. The molecule has 2 atom stereocenters. The van der Waals surface area contributed by atoms with Crippen molar-refractivity contribution in [2.24, 2.45) is 5.92 Å². The third-order valence-electron chi connectivity index (χ3n) is 1.83. The lowest BCUT2D eigenvalue weighted by Gasteiger charge is -2.16. The second-order valence-corrected chi connectivity index (χ2v) is 2.85. The maximum Gasteiger partial charge on any atom is 0.0587 e. The molecule has 0 rings (SSSR count). The Hall–Kier alpha value is -0.0800. The van der Waals surface area contributed by atoms with Crippen LogP contribution in [0.2, 0.25) is 0 Å². The van der Waals surface area contributed by atoms with Crippen molar-refractivity contribution < 1.29 is 10.2 Å². The minimum absolute atomic E-state index is 0.0925. The number of aliphatic hydroxyl groups excluding tert-OH is 2. The molecule has 2 N–H and O–H groups in total. The molecule has 10 heavy (non-hydrogen) atoms. The highest BCUT2D eigenvalue weighted by atomic mass is 16.3. The average Bonchev–Trinajstić information content (AvgIpc) is 1.89. The molecule has 0 heterocycles. The van der Waals surface area contributed by atoms with E-state index in [1.54, 1.807) is 0 Å². The molecule has 0 aromatic heterocycles. The van der Waals surface area contributed by atoms with Crippen LogP contribution in [-0.2, 0) is 0 Å². The van der Waals surface area contributed by atoms with Crippen LogP contribution < -0.4 is 0 Å². The molecule has 2 nitrogen and oxygen atoms in total. The topological polar surface area (TPSA) is 40.5 Å². The van der Waals surface area contributed by atoms with Crippen LogP contribution in [0.25, 0.3) is 0 Å². The molecule has 62 valence electrons. The van der Waals surface area contributed by atoms with E-state index >= 15 is 0 Å². The fraction of sp³-hybridized carbons (Fsp3) is 1.00. The molecule has 0 aromatic carbocycles. The van der Waals surface area contributed by atoms with Gasteiger partial charge in [0.1, 0.15) is 0 Å². The van der Waals surface area contributed by atoms with E-state index in [1.807, 2.05) is 6.92 Å². The van der Waals surface area contributed by atoms with Crippen molar-refractivity contribution in [2.45, 2.75) is 39.2 Å². The van der Waals surface area contributed by atoms with Crippen LogP contribution >= 0.6 is 0 Å². The smallest absolute Gasteiger partial charge is 0.0587 e. The quantitative estimate of drug-likeness (QED) is 0.611. The summed E-state index contributed by atoms with van der Waals surface area (Å²) in [7, 11) is 0. The molecule has 0 aliphatic heterocycles. The molecule has 0 aliphatic rings. The maximum atomic E-state index is 9.29. The summed E-state index contributed by atoms with van der Waals surface area (Å²) in [5.41, 5.74) is 0. The summed E-state index contributed by atoms with van der Waals surface area (Å²) in [5, 5.41) is 17.8. The molecule has 0 spiro atoms. The summed E-state index contributed by atoms with van der Waals surface area (Å²) >= 11 is 0. The Kier molecular flexibility index (Phi) is 5.64. The van der Waals surface area contributed by atoms with Crippen LogP contribution in [-0.4, -0.2) is 22.9 Å². The molecule has 0 bridgehead atoms. The van der Waals surface area contributed by atoms with Gasteiger partial charge in [-0.05, 0) is 18.8 Å². The number of hydrogen-bond acceptors (Lipinski definition) is 2. The molecule has 0 saturated heterocycles. The highest BCUT2D eigenvalue weighted by molar-refractivity contribution is 4.62. The fourth-order valence-electron chi connectivity index (χ4n) is 1.06. The summed E-state index contributed by atoms with van der Waals surface area (Å²) in [5.74, 6) is 0.331. The number of aliphatic hydroxyl groups is 2. The van der Waals surface area contributed by atoms with Crippen LogP contribution in [0.3, 0.4) is 0 Å². The third-order valence-corrected chi connectivity index (χ3v) is 1.83. The Labute approximate surface area is 62.9 Å². The van der Waals surface area contributed by atoms with Crippen molar-refractivity contribution in [3.05, 3.63) is 0 Å².